The average Bonchev–Trinajstić information content (AvgIpc) is 3.50. The molecule has 2 amide bonds. The summed E-state index contributed by atoms with van der Waals surface area (Å²) in [6.07, 6.45) is 6.31. The molecule has 0 radical (unpaired) electrons. The molecule has 0 saturated carbocycles. The van der Waals surface area contributed by atoms with E-state index in [9.17, 15) is 18.0 Å². The molecule has 4 aromatic rings. The molecule has 6 rings (SSSR count). The van der Waals surface area contributed by atoms with Gasteiger partial charge in [-0.2, -0.15) is 0 Å². The lowest BCUT2D eigenvalue weighted by Gasteiger charge is -2.44. The van der Waals surface area contributed by atoms with Gasteiger partial charge in [-0.05, 0) is 80.8 Å². The number of carbonyl (C=O) groups is 2. The molecule has 46 heavy (non-hydrogen) atoms. The summed E-state index contributed by atoms with van der Waals surface area (Å²) < 4.78 is 23.8. The number of pyridine rings is 1. The highest BCUT2D eigenvalue weighted by molar-refractivity contribution is 7.91. The Morgan fingerprint density at radius 3 is 2.54 bits per heavy atom. The second kappa shape index (κ2) is 12.6. The highest BCUT2D eigenvalue weighted by atomic mass is 32.2. The van der Waals surface area contributed by atoms with E-state index in [1.165, 1.54) is 12.4 Å². The van der Waals surface area contributed by atoms with Crippen LogP contribution in [0.2, 0.25) is 0 Å². The summed E-state index contributed by atoms with van der Waals surface area (Å²) in [7, 11) is -3.01. The number of likely N-dealkylation sites (tertiary alicyclic amines) is 1. The number of anilines is 2. The van der Waals surface area contributed by atoms with E-state index in [1.54, 1.807) is 6.20 Å². The molecular formula is C33H38N8O4S. The minimum Gasteiger partial charge on any atom is -0.354 e. The summed E-state index contributed by atoms with van der Waals surface area (Å²) in [5, 5.41) is 6.79. The van der Waals surface area contributed by atoms with Crippen molar-refractivity contribution in [1.82, 2.24) is 30.2 Å². The minimum atomic E-state index is -3.01. The molecule has 3 N–H and O–H groups in total. The molecule has 5 heterocycles. The number of hydrogen-bond donors (Lipinski definition) is 3. The molecule has 0 spiro atoms. The van der Waals surface area contributed by atoms with Gasteiger partial charge in [0.1, 0.15) is 23.5 Å². The summed E-state index contributed by atoms with van der Waals surface area (Å²) in [5.41, 5.74) is 3.92. The minimum absolute atomic E-state index is 0.0428. The van der Waals surface area contributed by atoms with E-state index in [0.29, 0.717) is 42.5 Å². The van der Waals surface area contributed by atoms with E-state index < -0.39 is 9.84 Å². The van der Waals surface area contributed by atoms with Gasteiger partial charge in [0.05, 0.1) is 16.9 Å². The van der Waals surface area contributed by atoms with Gasteiger partial charge >= 0.3 is 0 Å². The Bertz CT molecular complexity index is 1870. The summed E-state index contributed by atoms with van der Waals surface area (Å²) in [6, 6.07) is 13.3. The second-order valence-electron chi connectivity index (χ2n) is 12.3. The first kappa shape index (κ1) is 31.4. The number of nitrogens with one attached hydrogen (secondary N) is 3. The molecule has 0 bridgehead atoms. The van der Waals surface area contributed by atoms with Crippen LogP contribution in [0.1, 0.15) is 42.7 Å². The van der Waals surface area contributed by atoms with E-state index in [1.807, 2.05) is 47.4 Å². The number of carbonyl (C=O) groups excluding carboxylic acids is 2. The fourth-order valence-corrected chi connectivity index (χ4v) is 7.37. The molecule has 2 fully saturated rings. The molecule has 1 aromatic carbocycles. The largest absolute Gasteiger partial charge is 0.354 e. The van der Waals surface area contributed by atoms with Crippen molar-refractivity contribution in [1.29, 1.82) is 0 Å². The second-order valence-corrected chi connectivity index (χ2v) is 14.6. The van der Waals surface area contributed by atoms with E-state index >= 15 is 0 Å². The maximum atomic E-state index is 13.3. The number of piperidine rings is 1. The zero-order valence-corrected chi connectivity index (χ0v) is 26.8. The summed E-state index contributed by atoms with van der Waals surface area (Å²) in [4.78, 5) is 46.0. The number of amides is 2. The van der Waals surface area contributed by atoms with E-state index in [-0.39, 0.29) is 34.9 Å². The topological polar surface area (TPSA) is 153 Å². The van der Waals surface area contributed by atoms with E-state index in [4.69, 9.17) is 0 Å². The number of H-pyrrole nitrogens is 1. The predicted octanol–water partition coefficient (Wildman–Crippen LogP) is 3.51. The molecule has 13 heteroatoms. The van der Waals surface area contributed by atoms with Gasteiger partial charge < -0.3 is 20.5 Å². The van der Waals surface area contributed by atoms with Gasteiger partial charge in [0.15, 0.2) is 9.84 Å². The van der Waals surface area contributed by atoms with Crippen LogP contribution in [0.15, 0.2) is 67.6 Å². The maximum Gasteiger partial charge on any atom is 0.274 e. The Balaban J connectivity index is 1.14. The summed E-state index contributed by atoms with van der Waals surface area (Å²) >= 11 is 0. The summed E-state index contributed by atoms with van der Waals surface area (Å²) in [6.45, 7) is 10.2. The fraction of sp³-hybridized carbons (Fsp3) is 0.364. The van der Waals surface area contributed by atoms with Crippen molar-refractivity contribution in [3.63, 3.8) is 0 Å². The van der Waals surface area contributed by atoms with Crippen molar-refractivity contribution in [3.05, 3.63) is 78.9 Å². The fourth-order valence-electron chi connectivity index (χ4n) is 6.17. The lowest BCUT2D eigenvalue weighted by Crippen LogP contribution is -2.53. The summed E-state index contributed by atoms with van der Waals surface area (Å²) in [5.74, 6) is 0.449. The van der Waals surface area contributed by atoms with E-state index in [0.717, 1.165) is 41.6 Å². The van der Waals surface area contributed by atoms with Crippen LogP contribution in [0.25, 0.3) is 22.3 Å². The standard InChI is InChI=1S/C33H38N8O4S/c1-4-29(42)37-25-6-5-13-41(20-25)33(2,3)23-11-12-34-28(18-23)32(43)38-24-9-7-22(8-10-24)27-19-26-30(39-27)35-21-36-31(26)40-14-16-46(44,45)17-15-40/h4,7-12,18-19,21,25H,1,5-6,13-17,20H2,2-3H3,(H,37,42)(H,38,43)(H,35,36,39)/t25-/m1/s1. The molecule has 2 aliphatic rings. The van der Waals surface area contributed by atoms with Gasteiger partial charge in [0, 0.05) is 48.8 Å². The molecular weight excluding hydrogens is 604 g/mol. The van der Waals surface area contributed by atoms with Gasteiger partial charge in [-0.25, -0.2) is 18.4 Å². The Kier molecular flexibility index (Phi) is 8.62. The smallest absolute Gasteiger partial charge is 0.274 e. The van der Waals surface area contributed by atoms with Crippen molar-refractivity contribution >= 4 is 44.2 Å². The molecule has 2 saturated heterocycles. The third-order valence-electron chi connectivity index (χ3n) is 8.95. The van der Waals surface area contributed by atoms with Gasteiger partial charge in [0.25, 0.3) is 5.91 Å². The quantitative estimate of drug-likeness (QED) is 0.245. The van der Waals surface area contributed by atoms with Crippen LogP contribution in [0.5, 0.6) is 0 Å². The SMILES string of the molecule is C=CC(=O)N[C@@H]1CCCN(C(C)(C)c2ccnc(C(=O)Nc3ccc(-c4cc5c(N6CCS(=O)(=O)CC6)ncnc5[nH]4)cc3)c2)C1. The van der Waals surface area contributed by atoms with Crippen LogP contribution in [0.3, 0.4) is 0 Å². The Morgan fingerprint density at radius 2 is 1.80 bits per heavy atom. The average molecular weight is 643 g/mol. The van der Waals surface area contributed by atoms with Crippen molar-refractivity contribution in [2.75, 3.05) is 47.9 Å². The first-order chi connectivity index (χ1) is 22.0. The van der Waals surface area contributed by atoms with Crippen LogP contribution >= 0.6 is 0 Å². The number of aromatic nitrogens is 4. The number of sulfone groups is 1. The van der Waals surface area contributed by atoms with Crippen LogP contribution in [-0.4, -0.2) is 88.8 Å². The molecule has 3 aromatic heterocycles. The zero-order chi connectivity index (χ0) is 32.5. The van der Waals surface area contributed by atoms with E-state index in [2.05, 4.69) is 55.9 Å². The zero-order valence-electron chi connectivity index (χ0n) is 26.0. The third-order valence-corrected chi connectivity index (χ3v) is 10.6. The molecule has 1 atom stereocenters. The molecule has 2 aliphatic heterocycles. The third kappa shape index (κ3) is 6.65. The predicted molar refractivity (Wildman–Crippen MR) is 178 cm³/mol. The Morgan fingerprint density at radius 1 is 1.04 bits per heavy atom. The van der Waals surface area contributed by atoms with Crippen LogP contribution < -0.4 is 15.5 Å². The first-order valence-electron chi connectivity index (χ1n) is 15.4. The van der Waals surface area contributed by atoms with Gasteiger partial charge in [-0.3, -0.25) is 19.5 Å². The Labute approximate surface area is 268 Å². The van der Waals surface area contributed by atoms with Crippen LogP contribution in [0.4, 0.5) is 11.5 Å². The van der Waals surface area contributed by atoms with Gasteiger partial charge in [0.2, 0.25) is 5.91 Å². The van der Waals surface area contributed by atoms with Crippen molar-refractivity contribution < 1.29 is 18.0 Å². The van der Waals surface area contributed by atoms with Crippen molar-refractivity contribution in [3.8, 4) is 11.3 Å². The lowest BCUT2D eigenvalue weighted by molar-refractivity contribution is -0.117. The van der Waals surface area contributed by atoms with Crippen LogP contribution in [0, 0.1) is 0 Å². The van der Waals surface area contributed by atoms with Crippen LogP contribution in [-0.2, 0) is 20.2 Å². The normalized spacial score (nSPS) is 18.7. The Hall–Kier alpha value is -4.62. The maximum absolute atomic E-state index is 13.3. The van der Waals surface area contributed by atoms with Crippen molar-refractivity contribution in [2.45, 2.75) is 38.3 Å². The number of hydrogen-bond acceptors (Lipinski definition) is 9. The molecule has 12 nitrogen and oxygen atoms in total. The molecule has 0 aliphatic carbocycles. The van der Waals surface area contributed by atoms with Gasteiger partial charge in [-0.15, -0.1) is 0 Å². The van der Waals surface area contributed by atoms with Gasteiger partial charge in [-0.1, -0.05) is 18.7 Å². The number of benzene rings is 1. The lowest BCUT2D eigenvalue weighted by atomic mass is 9.89. The first-order valence-corrected chi connectivity index (χ1v) is 17.2. The monoisotopic (exact) mass is 642 g/mol. The molecule has 240 valence electrons. The number of rotatable bonds is 8. The number of nitrogens with zero attached hydrogens (tertiary/aromatic N) is 5. The van der Waals surface area contributed by atoms with Crippen molar-refractivity contribution in [2.24, 2.45) is 0 Å². The highest BCUT2D eigenvalue weighted by Crippen LogP contribution is 2.32. The number of aromatic amines is 1. The number of fused-ring (bicyclic) bond motifs is 1. The molecule has 0 unspecified atom stereocenters. The highest BCUT2D eigenvalue weighted by Gasteiger charge is 2.34.